The summed E-state index contributed by atoms with van der Waals surface area (Å²) in [7, 11) is -2.81. The highest BCUT2D eigenvalue weighted by Crippen LogP contribution is 2.33. The van der Waals surface area contributed by atoms with E-state index in [1.807, 2.05) is 11.8 Å². The Hall–Kier alpha value is -0.600. The molecular formula is C8H12N2O2S. The van der Waals surface area contributed by atoms with Gasteiger partial charge in [0.15, 0.2) is 9.84 Å². The van der Waals surface area contributed by atoms with Gasteiger partial charge < -0.3 is 0 Å². The van der Waals surface area contributed by atoms with Gasteiger partial charge in [0, 0.05) is 12.6 Å². The smallest absolute Gasteiger partial charge is 0.156 e. The maximum Gasteiger partial charge on any atom is 0.156 e. The first-order chi connectivity index (χ1) is 6.04. The fourth-order valence-electron chi connectivity index (χ4n) is 2.27. The van der Waals surface area contributed by atoms with Crippen molar-refractivity contribution in [3.05, 3.63) is 0 Å². The van der Waals surface area contributed by atoms with E-state index in [9.17, 15) is 8.42 Å². The van der Waals surface area contributed by atoms with E-state index in [2.05, 4.69) is 6.07 Å². The topological polar surface area (TPSA) is 61.2 Å². The minimum atomic E-state index is -2.81. The zero-order valence-corrected chi connectivity index (χ0v) is 8.29. The molecule has 3 unspecified atom stereocenters. The fraction of sp³-hybridized carbons (Fsp3) is 0.875. The predicted molar refractivity (Wildman–Crippen MR) is 47.8 cm³/mol. The molecule has 0 aromatic rings. The van der Waals surface area contributed by atoms with Crippen LogP contribution in [0.15, 0.2) is 0 Å². The lowest BCUT2D eigenvalue weighted by atomic mass is 10.2. The molecule has 0 N–H and O–H groups in total. The number of rotatable bonds is 1. The highest BCUT2D eigenvalue weighted by Gasteiger charge is 2.49. The van der Waals surface area contributed by atoms with Crippen LogP contribution in [-0.4, -0.2) is 42.9 Å². The van der Waals surface area contributed by atoms with E-state index < -0.39 is 9.84 Å². The Morgan fingerprint density at radius 1 is 1.62 bits per heavy atom. The molecule has 2 fully saturated rings. The second-order valence-electron chi connectivity index (χ2n) is 3.84. The molecule has 0 spiro atoms. The van der Waals surface area contributed by atoms with Gasteiger partial charge in [-0.1, -0.05) is 0 Å². The van der Waals surface area contributed by atoms with Gasteiger partial charge in [-0.3, -0.25) is 4.90 Å². The van der Waals surface area contributed by atoms with Crippen molar-refractivity contribution in [2.24, 2.45) is 0 Å². The number of fused-ring (bicyclic) bond motifs is 2. The molecule has 13 heavy (non-hydrogen) atoms. The van der Waals surface area contributed by atoms with Gasteiger partial charge in [-0.05, 0) is 13.3 Å². The zero-order valence-electron chi connectivity index (χ0n) is 7.47. The summed E-state index contributed by atoms with van der Waals surface area (Å²) in [4.78, 5) is 2.01. The van der Waals surface area contributed by atoms with E-state index >= 15 is 0 Å². The van der Waals surface area contributed by atoms with Gasteiger partial charge in [-0.15, -0.1) is 0 Å². The lowest BCUT2D eigenvalue weighted by Crippen LogP contribution is -2.44. The lowest BCUT2D eigenvalue weighted by Gasteiger charge is -2.28. The van der Waals surface area contributed by atoms with Crippen molar-refractivity contribution in [2.75, 3.05) is 12.3 Å². The highest BCUT2D eigenvalue weighted by molar-refractivity contribution is 7.92. The molecule has 2 heterocycles. The Morgan fingerprint density at radius 3 is 2.69 bits per heavy atom. The molecule has 0 aromatic carbocycles. The van der Waals surface area contributed by atoms with Crippen LogP contribution in [0.4, 0.5) is 0 Å². The molecule has 72 valence electrons. The SMILES string of the molecule is CC(C#N)N1CC2CC1CS2(=O)=O. The van der Waals surface area contributed by atoms with Gasteiger partial charge >= 0.3 is 0 Å². The molecule has 2 saturated heterocycles. The van der Waals surface area contributed by atoms with Crippen molar-refractivity contribution in [1.82, 2.24) is 4.90 Å². The molecular weight excluding hydrogens is 188 g/mol. The molecule has 4 nitrogen and oxygen atoms in total. The van der Waals surface area contributed by atoms with Crippen LogP contribution in [0.1, 0.15) is 13.3 Å². The Bertz CT molecular complexity index is 357. The summed E-state index contributed by atoms with van der Waals surface area (Å²) >= 11 is 0. The average molecular weight is 200 g/mol. The first-order valence-corrected chi connectivity index (χ1v) is 6.13. The normalized spacial score (nSPS) is 38.8. The highest BCUT2D eigenvalue weighted by atomic mass is 32.2. The Balaban J connectivity index is 2.17. The third kappa shape index (κ3) is 1.25. The molecule has 5 heteroatoms. The van der Waals surface area contributed by atoms with Gasteiger partial charge in [0.05, 0.1) is 23.1 Å². The number of hydrogen-bond donors (Lipinski definition) is 0. The van der Waals surface area contributed by atoms with Crippen molar-refractivity contribution in [2.45, 2.75) is 30.7 Å². The Labute approximate surface area is 78.1 Å². The number of hydrogen-bond acceptors (Lipinski definition) is 4. The minimum absolute atomic E-state index is 0.102. The van der Waals surface area contributed by atoms with E-state index in [0.29, 0.717) is 6.54 Å². The number of nitriles is 1. The van der Waals surface area contributed by atoms with Gasteiger partial charge in [0.25, 0.3) is 0 Å². The fourth-order valence-corrected chi connectivity index (χ4v) is 4.32. The standard InChI is InChI=1S/C8H12N2O2S/c1-6(3-9)10-4-8-2-7(10)5-13(8,11)12/h6-8H,2,4-5H2,1H3. The van der Waals surface area contributed by atoms with E-state index in [4.69, 9.17) is 5.26 Å². The first-order valence-electron chi connectivity index (χ1n) is 4.41. The lowest BCUT2D eigenvalue weighted by molar-refractivity contribution is 0.237. The summed E-state index contributed by atoms with van der Waals surface area (Å²) in [5, 5.41) is 8.51. The van der Waals surface area contributed by atoms with E-state index in [1.165, 1.54) is 0 Å². The maximum atomic E-state index is 11.4. The van der Waals surface area contributed by atoms with Gasteiger partial charge in [0.1, 0.15) is 0 Å². The molecule has 2 rings (SSSR count). The van der Waals surface area contributed by atoms with Gasteiger partial charge in [0.2, 0.25) is 0 Å². The molecule has 0 radical (unpaired) electrons. The summed E-state index contributed by atoms with van der Waals surface area (Å²) in [6, 6.07) is 2.10. The largest absolute Gasteiger partial charge is 0.283 e. The van der Waals surface area contributed by atoms with E-state index in [1.54, 1.807) is 0 Å². The monoisotopic (exact) mass is 200 g/mol. The quantitative estimate of drug-likeness (QED) is 0.586. The van der Waals surface area contributed by atoms with Crippen LogP contribution in [0.5, 0.6) is 0 Å². The number of sulfone groups is 1. The van der Waals surface area contributed by atoms with Crippen LogP contribution < -0.4 is 0 Å². The van der Waals surface area contributed by atoms with Crippen molar-refractivity contribution in [3.8, 4) is 6.07 Å². The summed E-state index contributed by atoms with van der Waals surface area (Å²) in [6.07, 6.45) is 0.731. The summed E-state index contributed by atoms with van der Waals surface area (Å²) in [6.45, 7) is 2.38. The van der Waals surface area contributed by atoms with Crippen LogP contribution in [0.2, 0.25) is 0 Å². The molecule has 2 aliphatic heterocycles. The molecule has 0 saturated carbocycles. The molecule has 0 aromatic heterocycles. The summed E-state index contributed by atoms with van der Waals surface area (Å²) in [5.74, 6) is 0.254. The predicted octanol–water partition coefficient (Wildman–Crippen LogP) is -0.230. The van der Waals surface area contributed by atoms with Crippen molar-refractivity contribution < 1.29 is 8.42 Å². The molecule has 0 aliphatic carbocycles. The molecule has 2 bridgehead atoms. The van der Waals surface area contributed by atoms with Gasteiger partial charge in [-0.25, -0.2) is 8.42 Å². The summed E-state index contributed by atoms with van der Waals surface area (Å²) in [5.41, 5.74) is 0. The van der Waals surface area contributed by atoms with Crippen molar-refractivity contribution in [3.63, 3.8) is 0 Å². The van der Waals surface area contributed by atoms with Gasteiger partial charge in [-0.2, -0.15) is 5.26 Å². The van der Waals surface area contributed by atoms with Crippen LogP contribution in [-0.2, 0) is 9.84 Å². The van der Waals surface area contributed by atoms with Crippen molar-refractivity contribution in [1.29, 1.82) is 5.26 Å². The van der Waals surface area contributed by atoms with Crippen LogP contribution in [0.3, 0.4) is 0 Å². The average Bonchev–Trinajstić information content (AvgIpc) is 2.57. The van der Waals surface area contributed by atoms with Crippen LogP contribution >= 0.6 is 0 Å². The molecule has 0 amide bonds. The third-order valence-corrected chi connectivity index (χ3v) is 5.24. The second-order valence-corrected chi connectivity index (χ2v) is 6.17. The minimum Gasteiger partial charge on any atom is -0.283 e. The first kappa shape index (κ1) is 8.97. The number of nitrogens with zero attached hydrogens (tertiary/aromatic N) is 2. The molecule has 2 aliphatic rings. The van der Waals surface area contributed by atoms with Crippen molar-refractivity contribution >= 4 is 9.84 Å². The second kappa shape index (κ2) is 2.69. The van der Waals surface area contributed by atoms with E-state index in [0.717, 1.165) is 6.42 Å². The number of likely N-dealkylation sites (tertiary alicyclic amines) is 1. The third-order valence-electron chi connectivity index (χ3n) is 3.04. The Kier molecular flexibility index (Phi) is 1.86. The zero-order chi connectivity index (χ0) is 9.64. The van der Waals surface area contributed by atoms with Crippen LogP contribution in [0.25, 0.3) is 0 Å². The van der Waals surface area contributed by atoms with E-state index in [-0.39, 0.29) is 23.1 Å². The summed E-state index contributed by atoms with van der Waals surface area (Å²) < 4.78 is 22.7. The molecule has 3 atom stereocenters. The van der Waals surface area contributed by atoms with Crippen LogP contribution in [0, 0.1) is 11.3 Å². The maximum absolute atomic E-state index is 11.4. The Morgan fingerprint density at radius 2 is 2.31 bits per heavy atom.